The molecule has 7 nitrogen and oxygen atoms in total. The first kappa shape index (κ1) is 19.9. The standard InChI is InChI=1S/C17H30N4O3S/c1-12(2)16-14(6-5-10-24-16)20-15-7-9-18-17(21-15)19-13(3)8-11-25(4,22)23/h7,9,12-14,16H,5-6,8,10-11H2,1-4H3,(H2,18,19,20,21). The van der Waals surface area contributed by atoms with Crippen LogP contribution in [0, 0.1) is 5.92 Å². The Kier molecular flexibility index (Phi) is 7.01. The van der Waals surface area contributed by atoms with Gasteiger partial charge in [0.25, 0.3) is 0 Å². The fourth-order valence-electron chi connectivity index (χ4n) is 3.00. The van der Waals surface area contributed by atoms with Gasteiger partial charge >= 0.3 is 0 Å². The summed E-state index contributed by atoms with van der Waals surface area (Å²) in [6, 6.07) is 2.06. The maximum atomic E-state index is 11.3. The summed E-state index contributed by atoms with van der Waals surface area (Å²) < 4.78 is 28.4. The number of hydrogen-bond donors (Lipinski definition) is 2. The molecule has 2 N–H and O–H groups in total. The van der Waals surface area contributed by atoms with E-state index in [1.54, 1.807) is 6.20 Å². The quantitative estimate of drug-likeness (QED) is 0.725. The van der Waals surface area contributed by atoms with Gasteiger partial charge in [-0.15, -0.1) is 0 Å². The molecular weight excluding hydrogens is 340 g/mol. The SMILES string of the molecule is CC(CCS(C)(=O)=O)Nc1nccc(NC2CCCOC2C(C)C)n1. The fourth-order valence-corrected chi connectivity index (χ4v) is 3.78. The molecule has 0 radical (unpaired) electrons. The summed E-state index contributed by atoms with van der Waals surface area (Å²) in [5.74, 6) is 1.85. The minimum Gasteiger partial charge on any atom is -0.376 e. The predicted octanol–water partition coefficient (Wildman–Crippen LogP) is 2.33. The summed E-state index contributed by atoms with van der Waals surface area (Å²) in [5.41, 5.74) is 0. The molecule has 1 aromatic heterocycles. The van der Waals surface area contributed by atoms with Gasteiger partial charge in [0, 0.05) is 25.1 Å². The third-order valence-electron chi connectivity index (χ3n) is 4.31. The van der Waals surface area contributed by atoms with Crippen LogP contribution in [0.3, 0.4) is 0 Å². The first-order valence-electron chi connectivity index (χ1n) is 8.90. The summed E-state index contributed by atoms with van der Waals surface area (Å²) in [4.78, 5) is 8.73. The highest BCUT2D eigenvalue weighted by molar-refractivity contribution is 7.90. The van der Waals surface area contributed by atoms with Crippen molar-refractivity contribution >= 4 is 21.6 Å². The Balaban J connectivity index is 1.96. The molecule has 8 heteroatoms. The highest BCUT2D eigenvalue weighted by atomic mass is 32.2. The molecular formula is C17H30N4O3S. The van der Waals surface area contributed by atoms with Crippen molar-refractivity contribution in [1.29, 1.82) is 0 Å². The number of nitrogens with one attached hydrogen (secondary N) is 2. The third-order valence-corrected chi connectivity index (χ3v) is 5.29. The Hall–Kier alpha value is -1.41. The van der Waals surface area contributed by atoms with E-state index >= 15 is 0 Å². The maximum absolute atomic E-state index is 11.3. The molecule has 1 fully saturated rings. The van der Waals surface area contributed by atoms with Gasteiger partial charge in [0.05, 0.1) is 17.9 Å². The van der Waals surface area contributed by atoms with Crippen LogP contribution in [0.2, 0.25) is 0 Å². The molecule has 142 valence electrons. The monoisotopic (exact) mass is 370 g/mol. The van der Waals surface area contributed by atoms with Crippen LogP contribution in [0.4, 0.5) is 11.8 Å². The zero-order valence-corrected chi connectivity index (χ0v) is 16.3. The molecule has 0 spiro atoms. The van der Waals surface area contributed by atoms with E-state index in [1.807, 2.05) is 13.0 Å². The Morgan fingerprint density at radius 1 is 1.36 bits per heavy atom. The van der Waals surface area contributed by atoms with Crippen LogP contribution < -0.4 is 10.6 Å². The summed E-state index contributed by atoms with van der Waals surface area (Å²) in [7, 11) is -2.96. The van der Waals surface area contributed by atoms with Crippen molar-refractivity contribution in [2.75, 3.05) is 29.2 Å². The van der Waals surface area contributed by atoms with Crippen molar-refractivity contribution in [1.82, 2.24) is 9.97 Å². The summed E-state index contributed by atoms with van der Waals surface area (Å²) in [6.45, 7) is 7.08. The van der Waals surface area contributed by atoms with E-state index in [1.165, 1.54) is 6.26 Å². The lowest BCUT2D eigenvalue weighted by Gasteiger charge is -2.35. The van der Waals surface area contributed by atoms with Crippen molar-refractivity contribution in [2.45, 2.75) is 58.2 Å². The van der Waals surface area contributed by atoms with Crippen molar-refractivity contribution in [3.05, 3.63) is 12.3 Å². The summed E-state index contributed by atoms with van der Waals surface area (Å²) >= 11 is 0. The first-order valence-corrected chi connectivity index (χ1v) is 11.0. The molecule has 0 amide bonds. The first-order chi connectivity index (χ1) is 11.7. The molecule has 1 aromatic rings. The van der Waals surface area contributed by atoms with Gasteiger partial charge in [-0.25, -0.2) is 13.4 Å². The molecule has 25 heavy (non-hydrogen) atoms. The average molecular weight is 371 g/mol. The van der Waals surface area contributed by atoms with Crippen LogP contribution in [0.15, 0.2) is 12.3 Å². The number of hydrogen-bond acceptors (Lipinski definition) is 7. The second-order valence-electron chi connectivity index (χ2n) is 7.20. The van der Waals surface area contributed by atoms with Crippen LogP contribution in [-0.4, -0.2) is 55.2 Å². The molecule has 1 aliphatic heterocycles. The molecule has 3 atom stereocenters. The number of ether oxygens (including phenoxy) is 1. The lowest BCUT2D eigenvalue weighted by molar-refractivity contribution is -0.0203. The molecule has 1 saturated heterocycles. The fraction of sp³-hybridized carbons (Fsp3) is 0.765. The molecule has 0 saturated carbocycles. The molecule has 1 aliphatic rings. The summed E-state index contributed by atoms with van der Waals surface area (Å²) in [6.07, 6.45) is 5.74. The maximum Gasteiger partial charge on any atom is 0.224 e. The van der Waals surface area contributed by atoms with Crippen molar-refractivity contribution in [3.63, 3.8) is 0 Å². The van der Waals surface area contributed by atoms with Crippen LogP contribution in [0.5, 0.6) is 0 Å². The second kappa shape index (κ2) is 8.80. The molecule has 0 aliphatic carbocycles. The molecule has 0 aromatic carbocycles. The normalized spacial score (nSPS) is 22.6. The predicted molar refractivity (Wildman–Crippen MR) is 101 cm³/mol. The molecule has 0 bridgehead atoms. The van der Waals surface area contributed by atoms with Gasteiger partial charge in [0.2, 0.25) is 5.95 Å². The zero-order valence-electron chi connectivity index (χ0n) is 15.5. The van der Waals surface area contributed by atoms with E-state index in [-0.39, 0.29) is 23.9 Å². The van der Waals surface area contributed by atoms with Crippen molar-refractivity contribution in [2.24, 2.45) is 5.92 Å². The van der Waals surface area contributed by atoms with Gasteiger partial charge in [-0.2, -0.15) is 4.98 Å². The number of rotatable bonds is 8. The Labute approximate surface area is 150 Å². The van der Waals surface area contributed by atoms with Crippen LogP contribution in [-0.2, 0) is 14.6 Å². The minimum absolute atomic E-state index is 0.0219. The van der Waals surface area contributed by atoms with E-state index in [9.17, 15) is 8.42 Å². The van der Waals surface area contributed by atoms with E-state index in [2.05, 4.69) is 34.4 Å². The van der Waals surface area contributed by atoms with E-state index in [0.717, 1.165) is 25.3 Å². The smallest absolute Gasteiger partial charge is 0.224 e. The van der Waals surface area contributed by atoms with Gasteiger partial charge in [-0.05, 0) is 38.2 Å². The van der Waals surface area contributed by atoms with Gasteiger partial charge < -0.3 is 15.4 Å². The third kappa shape index (κ3) is 6.78. The lowest BCUT2D eigenvalue weighted by Crippen LogP contribution is -2.43. The van der Waals surface area contributed by atoms with Gasteiger partial charge in [-0.1, -0.05) is 13.8 Å². The van der Waals surface area contributed by atoms with Gasteiger partial charge in [-0.3, -0.25) is 0 Å². The average Bonchev–Trinajstić information content (AvgIpc) is 2.53. The van der Waals surface area contributed by atoms with E-state index in [0.29, 0.717) is 18.3 Å². The molecule has 3 unspecified atom stereocenters. The zero-order chi connectivity index (χ0) is 18.4. The van der Waals surface area contributed by atoms with Gasteiger partial charge in [0.15, 0.2) is 0 Å². The minimum atomic E-state index is -2.96. The van der Waals surface area contributed by atoms with E-state index < -0.39 is 9.84 Å². The van der Waals surface area contributed by atoms with Crippen molar-refractivity contribution < 1.29 is 13.2 Å². The Morgan fingerprint density at radius 3 is 2.80 bits per heavy atom. The Bertz CT molecular complexity index is 651. The van der Waals surface area contributed by atoms with E-state index in [4.69, 9.17) is 4.74 Å². The number of anilines is 2. The molecule has 2 rings (SSSR count). The topological polar surface area (TPSA) is 93.2 Å². The van der Waals surface area contributed by atoms with Gasteiger partial charge in [0.1, 0.15) is 15.7 Å². The largest absolute Gasteiger partial charge is 0.376 e. The summed E-state index contributed by atoms with van der Waals surface area (Å²) in [5, 5.41) is 6.64. The highest BCUT2D eigenvalue weighted by Gasteiger charge is 2.28. The number of aromatic nitrogens is 2. The van der Waals surface area contributed by atoms with Crippen molar-refractivity contribution in [3.8, 4) is 0 Å². The lowest BCUT2D eigenvalue weighted by atomic mass is 9.94. The van der Waals surface area contributed by atoms with Crippen LogP contribution in [0.1, 0.15) is 40.0 Å². The van der Waals surface area contributed by atoms with Crippen LogP contribution in [0.25, 0.3) is 0 Å². The number of nitrogens with zero attached hydrogens (tertiary/aromatic N) is 2. The second-order valence-corrected chi connectivity index (χ2v) is 9.46. The number of sulfone groups is 1. The molecule has 2 heterocycles. The highest BCUT2D eigenvalue weighted by Crippen LogP contribution is 2.23. The Morgan fingerprint density at radius 2 is 2.12 bits per heavy atom. The van der Waals surface area contributed by atoms with Crippen LogP contribution >= 0.6 is 0 Å².